The molecule has 114 valence electrons. The minimum absolute atomic E-state index is 0.0613. The minimum Gasteiger partial charge on any atom is -0.330 e. The molecular formula is C15H21N3O2S. The molecule has 1 aliphatic rings. The molecule has 2 N–H and O–H groups in total. The van der Waals surface area contributed by atoms with E-state index in [9.17, 15) is 8.42 Å². The van der Waals surface area contributed by atoms with Gasteiger partial charge in [-0.1, -0.05) is 19.1 Å². The van der Waals surface area contributed by atoms with Gasteiger partial charge < -0.3 is 5.73 Å². The molecule has 1 aromatic rings. The fourth-order valence-electron chi connectivity index (χ4n) is 2.71. The Bertz CT molecular complexity index is 637. The van der Waals surface area contributed by atoms with Gasteiger partial charge in [0.1, 0.15) is 0 Å². The molecule has 0 aliphatic carbocycles. The second-order valence-electron chi connectivity index (χ2n) is 5.69. The maximum absolute atomic E-state index is 12.5. The van der Waals surface area contributed by atoms with Crippen LogP contribution >= 0.6 is 0 Å². The number of nitrogens with two attached hydrogens (primary N) is 1. The lowest BCUT2D eigenvalue weighted by molar-refractivity contribution is 0.203. The molecule has 6 heteroatoms. The predicted octanol–water partition coefficient (Wildman–Crippen LogP) is 1.30. The first-order chi connectivity index (χ1) is 9.96. The van der Waals surface area contributed by atoms with Crippen LogP contribution in [0.4, 0.5) is 0 Å². The van der Waals surface area contributed by atoms with Gasteiger partial charge in [0.25, 0.3) is 0 Å². The largest absolute Gasteiger partial charge is 0.330 e. The summed E-state index contributed by atoms with van der Waals surface area (Å²) in [6.07, 6.45) is 0.847. The summed E-state index contributed by atoms with van der Waals surface area (Å²) in [5.41, 5.74) is 6.86. The van der Waals surface area contributed by atoms with E-state index in [0.717, 1.165) is 6.42 Å². The first-order valence-electron chi connectivity index (χ1n) is 7.13. The molecule has 1 aromatic carbocycles. The van der Waals surface area contributed by atoms with Gasteiger partial charge in [0.05, 0.1) is 17.4 Å². The average Bonchev–Trinajstić information content (AvgIpc) is 2.47. The summed E-state index contributed by atoms with van der Waals surface area (Å²) in [6, 6.07) is 8.78. The van der Waals surface area contributed by atoms with E-state index in [1.165, 1.54) is 0 Å². The van der Waals surface area contributed by atoms with Gasteiger partial charge in [-0.05, 0) is 42.5 Å². The van der Waals surface area contributed by atoms with Crippen LogP contribution in [0.1, 0.15) is 24.5 Å². The smallest absolute Gasteiger partial charge is 0.218 e. The first-order valence-corrected chi connectivity index (χ1v) is 8.74. The van der Waals surface area contributed by atoms with Crippen LogP contribution in [-0.2, 0) is 15.8 Å². The molecule has 2 atom stereocenters. The van der Waals surface area contributed by atoms with Crippen molar-refractivity contribution in [1.29, 1.82) is 5.26 Å². The molecule has 0 saturated carbocycles. The van der Waals surface area contributed by atoms with Gasteiger partial charge in [-0.15, -0.1) is 0 Å². The van der Waals surface area contributed by atoms with Gasteiger partial charge in [-0.3, -0.25) is 0 Å². The normalized spacial score (nSPS) is 23.7. The lowest BCUT2D eigenvalue weighted by atomic mass is 9.88. The minimum atomic E-state index is -3.36. The van der Waals surface area contributed by atoms with Crippen LogP contribution in [0.3, 0.4) is 0 Å². The molecule has 1 heterocycles. The molecule has 1 aliphatic heterocycles. The molecule has 0 bridgehead atoms. The van der Waals surface area contributed by atoms with Crippen LogP contribution in [0.5, 0.6) is 0 Å². The average molecular weight is 307 g/mol. The Morgan fingerprint density at radius 1 is 1.48 bits per heavy atom. The maximum atomic E-state index is 12.5. The van der Waals surface area contributed by atoms with Gasteiger partial charge in [-0.2, -0.15) is 5.26 Å². The number of hydrogen-bond donors (Lipinski definition) is 1. The molecular weight excluding hydrogens is 286 g/mol. The van der Waals surface area contributed by atoms with Crippen LogP contribution in [0.15, 0.2) is 24.3 Å². The Hall–Kier alpha value is -1.42. The summed E-state index contributed by atoms with van der Waals surface area (Å²) in [5, 5.41) is 8.88. The first kappa shape index (κ1) is 16.0. The van der Waals surface area contributed by atoms with Crippen molar-refractivity contribution in [2.45, 2.75) is 19.1 Å². The van der Waals surface area contributed by atoms with Crippen molar-refractivity contribution in [1.82, 2.24) is 4.31 Å². The zero-order chi connectivity index (χ0) is 15.5. The number of nitrogens with zero attached hydrogens (tertiary/aromatic N) is 2. The zero-order valence-corrected chi connectivity index (χ0v) is 13.0. The Morgan fingerprint density at radius 3 is 2.90 bits per heavy atom. The molecule has 1 saturated heterocycles. The number of hydrogen-bond acceptors (Lipinski definition) is 4. The molecule has 2 rings (SSSR count). The molecule has 21 heavy (non-hydrogen) atoms. The van der Waals surface area contributed by atoms with Crippen molar-refractivity contribution in [2.75, 3.05) is 19.6 Å². The fourth-order valence-corrected chi connectivity index (χ4v) is 4.29. The van der Waals surface area contributed by atoms with Gasteiger partial charge in [0, 0.05) is 13.1 Å². The summed E-state index contributed by atoms with van der Waals surface area (Å²) >= 11 is 0. The lowest BCUT2D eigenvalue weighted by Crippen LogP contribution is -2.45. The van der Waals surface area contributed by atoms with Crippen molar-refractivity contribution in [2.24, 2.45) is 17.6 Å². The molecule has 0 amide bonds. The Labute approximate surface area is 126 Å². The molecule has 1 fully saturated rings. The highest BCUT2D eigenvalue weighted by Gasteiger charge is 2.32. The Morgan fingerprint density at radius 2 is 2.24 bits per heavy atom. The molecule has 2 unspecified atom stereocenters. The number of sulfonamides is 1. The SMILES string of the molecule is CC1CCN(S(=O)(=O)Cc2cccc(C#N)c2)CC1CN. The highest BCUT2D eigenvalue weighted by molar-refractivity contribution is 7.88. The van der Waals surface area contributed by atoms with Crippen LogP contribution in [0.25, 0.3) is 0 Å². The Balaban J connectivity index is 2.13. The van der Waals surface area contributed by atoms with Crippen LogP contribution in [0.2, 0.25) is 0 Å². The second-order valence-corrected chi connectivity index (χ2v) is 7.66. The molecule has 0 aromatic heterocycles. The van der Waals surface area contributed by atoms with E-state index in [0.29, 0.717) is 36.7 Å². The highest BCUT2D eigenvalue weighted by atomic mass is 32.2. The van der Waals surface area contributed by atoms with Gasteiger partial charge >= 0.3 is 0 Å². The monoisotopic (exact) mass is 307 g/mol. The number of benzene rings is 1. The fraction of sp³-hybridized carbons (Fsp3) is 0.533. The van der Waals surface area contributed by atoms with Crippen LogP contribution in [-0.4, -0.2) is 32.4 Å². The van der Waals surface area contributed by atoms with Gasteiger partial charge in [-0.25, -0.2) is 12.7 Å². The predicted molar refractivity (Wildman–Crippen MR) is 81.7 cm³/mol. The van der Waals surface area contributed by atoms with E-state index in [1.807, 2.05) is 6.07 Å². The number of rotatable bonds is 4. The van der Waals surface area contributed by atoms with E-state index in [2.05, 4.69) is 6.92 Å². The molecule has 0 spiro atoms. The van der Waals surface area contributed by atoms with Crippen molar-refractivity contribution in [3.8, 4) is 6.07 Å². The van der Waals surface area contributed by atoms with Gasteiger partial charge in [0.2, 0.25) is 10.0 Å². The second kappa shape index (κ2) is 6.56. The summed E-state index contributed by atoms with van der Waals surface area (Å²) in [4.78, 5) is 0. The van der Waals surface area contributed by atoms with E-state index < -0.39 is 10.0 Å². The molecule has 0 radical (unpaired) electrons. The quantitative estimate of drug-likeness (QED) is 0.908. The Kier molecular flexibility index (Phi) is 4.99. The van der Waals surface area contributed by atoms with E-state index in [1.54, 1.807) is 28.6 Å². The van der Waals surface area contributed by atoms with E-state index in [4.69, 9.17) is 11.0 Å². The van der Waals surface area contributed by atoms with Crippen LogP contribution < -0.4 is 5.73 Å². The lowest BCUT2D eigenvalue weighted by Gasteiger charge is -2.35. The standard InChI is InChI=1S/C15H21N3O2S/c1-12-5-6-18(10-15(12)9-17)21(19,20)11-14-4-2-3-13(7-14)8-16/h2-4,7,12,15H,5-6,9-11,17H2,1H3. The van der Waals surface area contributed by atoms with Crippen molar-refractivity contribution < 1.29 is 8.42 Å². The van der Waals surface area contributed by atoms with Crippen molar-refractivity contribution in [3.63, 3.8) is 0 Å². The summed E-state index contributed by atoms with van der Waals surface area (Å²) in [6.45, 7) is 3.69. The van der Waals surface area contributed by atoms with Gasteiger partial charge in [0.15, 0.2) is 0 Å². The van der Waals surface area contributed by atoms with Crippen LogP contribution in [0, 0.1) is 23.2 Å². The van der Waals surface area contributed by atoms with E-state index >= 15 is 0 Å². The summed E-state index contributed by atoms with van der Waals surface area (Å²) < 4.78 is 26.6. The highest BCUT2D eigenvalue weighted by Crippen LogP contribution is 2.25. The summed E-state index contributed by atoms with van der Waals surface area (Å²) in [7, 11) is -3.36. The van der Waals surface area contributed by atoms with Crippen molar-refractivity contribution >= 4 is 10.0 Å². The third kappa shape index (κ3) is 3.82. The third-order valence-corrected chi connectivity index (χ3v) is 5.99. The topological polar surface area (TPSA) is 87.2 Å². The number of piperidine rings is 1. The van der Waals surface area contributed by atoms with E-state index in [-0.39, 0.29) is 11.7 Å². The third-order valence-electron chi connectivity index (χ3n) is 4.18. The zero-order valence-electron chi connectivity index (χ0n) is 12.2. The van der Waals surface area contributed by atoms with Crippen molar-refractivity contribution in [3.05, 3.63) is 35.4 Å². The summed E-state index contributed by atoms with van der Waals surface area (Å²) in [5.74, 6) is 0.621. The maximum Gasteiger partial charge on any atom is 0.218 e. The number of nitriles is 1. The molecule has 5 nitrogen and oxygen atoms in total.